The van der Waals surface area contributed by atoms with Crippen LogP contribution in [0.15, 0.2) is 24.3 Å². The molecule has 7 nitrogen and oxygen atoms in total. The van der Waals surface area contributed by atoms with E-state index >= 15 is 0 Å². The summed E-state index contributed by atoms with van der Waals surface area (Å²) in [6.07, 6.45) is 5.56. The first-order chi connectivity index (χ1) is 15.5. The van der Waals surface area contributed by atoms with Crippen LogP contribution >= 0.6 is 0 Å². The topological polar surface area (TPSA) is 90.0 Å². The number of rotatable bonds is 6. The normalized spacial score (nSPS) is 33.3. The van der Waals surface area contributed by atoms with Crippen LogP contribution in [0.5, 0.6) is 5.75 Å². The van der Waals surface area contributed by atoms with Gasteiger partial charge in [-0.05, 0) is 68.9 Å². The summed E-state index contributed by atoms with van der Waals surface area (Å²) < 4.78 is 10.4. The minimum absolute atomic E-state index is 0.0297. The average Bonchev–Trinajstić information content (AvgIpc) is 3.51. The fourth-order valence-corrected chi connectivity index (χ4v) is 6.50. The van der Waals surface area contributed by atoms with Crippen LogP contribution in [0, 0.1) is 29.6 Å². The fraction of sp³-hybridized carbons (Fsp3) is 0.600. The van der Waals surface area contributed by atoms with Crippen LogP contribution in [-0.4, -0.2) is 48.2 Å². The third-order valence-electron chi connectivity index (χ3n) is 8.09. The smallest absolute Gasteiger partial charge is 0.309 e. The van der Waals surface area contributed by atoms with E-state index in [9.17, 15) is 19.2 Å². The van der Waals surface area contributed by atoms with E-state index < -0.39 is 0 Å². The number of ketones is 1. The van der Waals surface area contributed by atoms with Crippen molar-refractivity contribution in [2.45, 2.75) is 51.0 Å². The molecule has 1 aliphatic heterocycles. The molecular weight excluding hydrogens is 410 g/mol. The van der Waals surface area contributed by atoms with Crippen molar-refractivity contribution in [3.05, 3.63) is 29.8 Å². The zero-order chi connectivity index (χ0) is 22.4. The number of benzene rings is 1. The summed E-state index contributed by atoms with van der Waals surface area (Å²) in [5.74, 6) is 0.271. The Morgan fingerprint density at radius 3 is 2.25 bits per heavy atom. The number of methoxy groups -OCH3 is 1. The standard InChI is InChI=1S/C25H29NO6/c1-31-19-4-2-3-15(12-19)20(27)13-32-25(30)14-7-9-18(10-8-14)26-23(28)21-16-5-6-17(11-16)22(21)24(26)29/h2-4,12,14,16-18,21-22H,5-11,13H2,1H3/t14?,16-,17-,18?,21-,22+/m0/s1. The summed E-state index contributed by atoms with van der Waals surface area (Å²) in [7, 11) is 1.53. The number of nitrogens with zero attached hydrogens (tertiary/aromatic N) is 1. The molecule has 2 amide bonds. The van der Waals surface area contributed by atoms with Gasteiger partial charge < -0.3 is 9.47 Å². The number of hydrogen-bond donors (Lipinski definition) is 0. The zero-order valence-corrected chi connectivity index (χ0v) is 18.3. The second-order valence-corrected chi connectivity index (χ2v) is 9.70. The summed E-state index contributed by atoms with van der Waals surface area (Å²) in [6.45, 7) is -0.304. The van der Waals surface area contributed by atoms with Crippen LogP contribution in [0.3, 0.4) is 0 Å². The molecule has 1 aromatic carbocycles. The molecule has 5 rings (SSSR count). The maximum atomic E-state index is 13.0. The maximum Gasteiger partial charge on any atom is 0.309 e. The Hall–Kier alpha value is -2.70. The molecule has 1 saturated heterocycles. The second-order valence-electron chi connectivity index (χ2n) is 9.70. The van der Waals surface area contributed by atoms with E-state index in [4.69, 9.17) is 9.47 Å². The first-order valence-corrected chi connectivity index (χ1v) is 11.7. The van der Waals surface area contributed by atoms with Gasteiger partial charge in [-0.1, -0.05) is 12.1 Å². The lowest BCUT2D eigenvalue weighted by Gasteiger charge is -2.33. The molecule has 0 radical (unpaired) electrons. The van der Waals surface area contributed by atoms with Gasteiger partial charge in [0.2, 0.25) is 11.8 Å². The molecule has 3 saturated carbocycles. The van der Waals surface area contributed by atoms with Crippen molar-refractivity contribution in [1.29, 1.82) is 0 Å². The lowest BCUT2D eigenvalue weighted by atomic mass is 9.81. The Morgan fingerprint density at radius 1 is 0.969 bits per heavy atom. The molecule has 0 spiro atoms. The highest BCUT2D eigenvalue weighted by Gasteiger charge is 2.61. The van der Waals surface area contributed by atoms with Crippen LogP contribution in [0.2, 0.25) is 0 Å². The van der Waals surface area contributed by atoms with Gasteiger partial charge in [0.1, 0.15) is 5.75 Å². The van der Waals surface area contributed by atoms with E-state index in [1.807, 2.05) is 0 Å². The molecule has 0 unspecified atom stereocenters. The summed E-state index contributed by atoms with van der Waals surface area (Å²) >= 11 is 0. The van der Waals surface area contributed by atoms with Crippen molar-refractivity contribution in [2.75, 3.05) is 13.7 Å². The maximum absolute atomic E-state index is 13.0. The molecule has 4 atom stereocenters. The van der Waals surface area contributed by atoms with Crippen LogP contribution in [0.4, 0.5) is 0 Å². The summed E-state index contributed by atoms with van der Waals surface area (Å²) in [5, 5.41) is 0. The monoisotopic (exact) mass is 439 g/mol. The van der Waals surface area contributed by atoms with E-state index in [1.54, 1.807) is 29.2 Å². The molecule has 4 fully saturated rings. The minimum atomic E-state index is -0.381. The van der Waals surface area contributed by atoms with Gasteiger partial charge in [0.15, 0.2) is 12.4 Å². The van der Waals surface area contributed by atoms with E-state index in [2.05, 4.69) is 0 Å². The molecule has 1 aromatic rings. The van der Waals surface area contributed by atoms with Crippen LogP contribution in [0.1, 0.15) is 55.3 Å². The number of hydrogen-bond acceptors (Lipinski definition) is 6. The Kier molecular flexibility index (Phi) is 5.51. The number of carbonyl (C=O) groups is 4. The van der Waals surface area contributed by atoms with Gasteiger partial charge in [-0.2, -0.15) is 0 Å². The van der Waals surface area contributed by atoms with E-state index in [0.717, 1.165) is 19.3 Å². The fourth-order valence-electron chi connectivity index (χ4n) is 6.50. The predicted octanol–water partition coefficient (Wildman–Crippen LogP) is 3.01. The first-order valence-electron chi connectivity index (χ1n) is 11.7. The van der Waals surface area contributed by atoms with Gasteiger partial charge >= 0.3 is 5.97 Å². The number of esters is 1. The van der Waals surface area contributed by atoms with Gasteiger partial charge in [-0.3, -0.25) is 24.1 Å². The van der Waals surface area contributed by atoms with Gasteiger partial charge in [-0.15, -0.1) is 0 Å². The Labute approximate surface area is 187 Å². The number of imide groups is 1. The van der Waals surface area contributed by atoms with Crippen molar-refractivity contribution in [1.82, 2.24) is 4.90 Å². The highest BCUT2D eigenvalue weighted by atomic mass is 16.5. The van der Waals surface area contributed by atoms with Crippen molar-refractivity contribution in [3.63, 3.8) is 0 Å². The molecule has 3 aliphatic carbocycles. The lowest BCUT2D eigenvalue weighted by molar-refractivity contribution is -0.149. The summed E-state index contributed by atoms with van der Waals surface area (Å²) in [6, 6.07) is 6.63. The number of likely N-dealkylation sites (tertiary alicyclic amines) is 1. The molecule has 7 heteroatoms. The van der Waals surface area contributed by atoms with Gasteiger partial charge in [0.25, 0.3) is 0 Å². The van der Waals surface area contributed by atoms with E-state index in [-0.39, 0.29) is 54.0 Å². The number of amides is 2. The first kappa shape index (κ1) is 21.2. The SMILES string of the molecule is COc1cccc(C(=O)COC(=O)C2CCC(N3C(=O)[C@@H]4[C@H]5CC[C@@H](C5)[C@@H]4C3=O)CC2)c1. The molecule has 170 valence electrons. The van der Waals surface area contributed by atoms with Gasteiger partial charge in [0, 0.05) is 11.6 Å². The van der Waals surface area contributed by atoms with Crippen molar-refractivity contribution >= 4 is 23.6 Å². The second kappa shape index (κ2) is 8.34. The quantitative estimate of drug-likeness (QED) is 0.385. The lowest BCUT2D eigenvalue weighted by Crippen LogP contribution is -2.44. The van der Waals surface area contributed by atoms with Crippen molar-refractivity contribution < 1.29 is 28.7 Å². The van der Waals surface area contributed by atoms with Crippen molar-refractivity contribution in [2.24, 2.45) is 29.6 Å². The largest absolute Gasteiger partial charge is 0.497 e. The van der Waals surface area contributed by atoms with Gasteiger partial charge in [0.05, 0.1) is 24.9 Å². The Balaban J connectivity index is 1.13. The molecule has 32 heavy (non-hydrogen) atoms. The Morgan fingerprint density at radius 2 is 1.62 bits per heavy atom. The molecule has 4 aliphatic rings. The predicted molar refractivity (Wildman–Crippen MR) is 114 cm³/mol. The summed E-state index contributed by atoms with van der Waals surface area (Å²) in [4.78, 5) is 52.5. The highest BCUT2D eigenvalue weighted by molar-refractivity contribution is 6.06. The summed E-state index contributed by atoms with van der Waals surface area (Å²) in [5.41, 5.74) is 0.437. The number of Topliss-reactive ketones (excluding diaryl/α,β-unsaturated/α-hetero) is 1. The Bertz CT molecular complexity index is 922. The molecular formula is C25H29NO6. The third kappa shape index (κ3) is 3.51. The number of ether oxygens (including phenoxy) is 2. The zero-order valence-electron chi connectivity index (χ0n) is 18.3. The van der Waals surface area contributed by atoms with E-state index in [0.29, 0.717) is 48.8 Å². The third-order valence-corrected chi connectivity index (χ3v) is 8.09. The minimum Gasteiger partial charge on any atom is -0.497 e. The van der Waals surface area contributed by atoms with Gasteiger partial charge in [-0.25, -0.2) is 0 Å². The van der Waals surface area contributed by atoms with Crippen molar-refractivity contribution in [3.8, 4) is 5.75 Å². The van der Waals surface area contributed by atoms with Crippen LogP contribution in [-0.2, 0) is 19.1 Å². The van der Waals surface area contributed by atoms with Crippen LogP contribution < -0.4 is 4.74 Å². The molecule has 0 aromatic heterocycles. The van der Waals surface area contributed by atoms with Crippen LogP contribution in [0.25, 0.3) is 0 Å². The molecule has 2 bridgehead atoms. The van der Waals surface area contributed by atoms with E-state index in [1.165, 1.54) is 7.11 Å². The average molecular weight is 440 g/mol. The highest BCUT2D eigenvalue weighted by Crippen LogP contribution is 2.56. The number of carbonyl (C=O) groups excluding carboxylic acids is 4. The molecule has 0 N–H and O–H groups in total. The number of fused-ring (bicyclic) bond motifs is 5. The molecule has 1 heterocycles.